The molecule has 6 heteroatoms. The van der Waals surface area contributed by atoms with E-state index in [2.05, 4.69) is 42.5 Å². The van der Waals surface area contributed by atoms with Crippen molar-refractivity contribution in [1.82, 2.24) is 24.9 Å². The first kappa shape index (κ1) is 32.3. The molecule has 2 heterocycles. The second-order valence-electron chi connectivity index (χ2n) is 12.9. The van der Waals surface area contributed by atoms with Crippen molar-refractivity contribution in [2.45, 2.75) is 0 Å². The molecular formula is C48H30N6. The fraction of sp³-hybridized carbons (Fsp3) is 0. The molecule has 0 fully saturated rings. The Kier molecular flexibility index (Phi) is 8.48. The van der Waals surface area contributed by atoms with Crippen molar-refractivity contribution in [2.24, 2.45) is 0 Å². The molecule has 7 aromatic carbocycles. The average Bonchev–Trinajstić information content (AvgIpc) is 3.26. The molecule has 54 heavy (non-hydrogen) atoms. The molecule has 0 N–H and O–H groups in total. The SMILES string of the molecule is N#Cc1cccc(-c2cc(-c3nc(-c4ccccc4)nc(-c4ccccc4)n3)cc(-c3ccccc3-c3nc(-c4ccccc4)nc4ccccc34)c2)c1. The summed E-state index contributed by atoms with van der Waals surface area (Å²) in [6, 6.07) is 62.9. The number of fused-ring (bicyclic) bond motifs is 1. The fourth-order valence-electron chi connectivity index (χ4n) is 6.72. The average molecular weight is 691 g/mol. The summed E-state index contributed by atoms with van der Waals surface area (Å²) in [6.45, 7) is 0. The molecule has 0 amide bonds. The van der Waals surface area contributed by atoms with Gasteiger partial charge in [-0.25, -0.2) is 24.9 Å². The third-order valence-electron chi connectivity index (χ3n) is 9.34. The van der Waals surface area contributed by atoms with E-state index in [9.17, 15) is 5.26 Å². The first-order valence-electron chi connectivity index (χ1n) is 17.6. The summed E-state index contributed by atoms with van der Waals surface area (Å²) in [4.78, 5) is 25.3. The fourth-order valence-corrected chi connectivity index (χ4v) is 6.72. The Hall–Kier alpha value is -7.62. The summed E-state index contributed by atoms with van der Waals surface area (Å²) in [5.74, 6) is 2.37. The molecular weight excluding hydrogens is 661 g/mol. The minimum Gasteiger partial charge on any atom is -0.228 e. The number of hydrogen-bond acceptors (Lipinski definition) is 6. The van der Waals surface area contributed by atoms with E-state index < -0.39 is 0 Å². The normalized spacial score (nSPS) is 10.9. The monoisotopic (exact) mass is 690 g/mol. The van der Waals surface area contributed by atoms with Gasteiger partial charge in [-0.15, -0.1) is 0 Å². The van der Waals surface area contributed by atoms with E-state index in [-0.39, 0.29) is 0 Å². The maximum absolute atomic E-state index is 9.82. The smallest absolute Gasteiger partial charge is 0.164 e. The molecule has 0 atom stereocenters. The minimum absolute atomic E-state index is 0.540. The summed E-state index contributed by atoms with van der Waals surface area (Å²) in [7, 11) is 0. The Balaban J connectivity index is 1.29. The van der Waals surface area contributed by atoms with Gasteiger partial charge in [-0.05, 0) is 58.7 Å². The third kappa shape index (κ3) is 6.38. The van der Waals surface area contributed by atoms with Gasteiger partial charge in [-0.1, -0.05) is 146 Å². The molecule has 0 aliphatic heterocycles. The predicted molar refractivity (Wildman–Crippen MR) is 216 cm³/mol. The Morgan fingerprint density at radius 1 is 0.333 bits per heavy atom. The van der Waals surface area contributed by atoms with Gasteiger partial charge in [0.2, 0.25) is 0 Å². The highest BCUT2D eigenvalue weighted by atomic mass is 15.0. The highest BCUT2D eigenvalue weighted by Crippen LogP contribution is 2.39. The van der Waals surface area contributed by atoms with Gasteiger partial charge in [0.25, 0.3) is 0 Å². The Labute approximate surface area is 312 Å². The number of nitriles is 1. The van der Waals surface area contributed by atoms with Crippen molar-refractivity contribution in [3.8, 4) is 85.1 Å². The van der Waals surface area contributed by atoms with Crippen LogP contribution in [0.3, 0.4) is 0 Å². The van der Waals surface area contributed by atoms with Crippen molar-refractivity contribution in [1.29, 1.82) is 5.26 Å². The van der Waals surface area contributed by atoms with Gasteiger partial charge in [0, 0.05) is 33.2 Å². The van der Waals surface area contributed by atoms with Crippen LogP contribution in [-0.4, -0.2) is 24.9 Å². The number of rotatable bonds is 7. The van der Waals surface area contributed by atoms with Crippen LogP contribution in [0.5, 0.6) is 0 Å². The lowest BCUT2D eigenvalue weighted by atomic mass is 9.91. The van der Waals surface area contributed by atoms with Crippen LogP contribution >= 0.6 is 0 Å². The number of para-hydroxylation sites is 1. The van der Waals surface area contributed by atoms with Crippen LogP contribution in [0.4, 0.5) is 0 Å². The molecule has 0 bridgehead atoms. The van der Waals surface area contributed by atoms with Gasteiger partial charge in [-0.2, -0.15) is 5.26 Å². The summed E-state index contributed by atoms with van der Waals surface area (Å²) in [5.41, 5.74) is 10.6. The molecule has 0 radical (unpaired) electrons. The first-order valence-corrected chi connectivity index (χ1v) is 17.6. The zero-order chi connectivity index (χ0) is 36.3. The van der Waals surface area contributed by atoms with E-state index in [1.54, 1.807) is 0 Å². The van der Waals surface area contributed by atoms with Crippen molar-refractivity contribution >= 4 is 10.9 Å². The highest BCUT2D eigenvalue weighted by molar-refractivity contribution is 5.98. The topological polar surface area (TPSA) is 88.2 Å². The molecule has 9 rings (SSSR count). The molecule has 2 aromatic heterocycles. The van der Waals surface area contributed by atoms with E-state index in [4.69, 9.17) is 24.9 Å². The molecule has 0 aliphatic carbocycles. The van der Waals surface area contributed by atoms with E-state index in [0.717, 1.165) is 66.7 Å². The zero-order valence-corrected chi connectivity index (χ0v) is 29.0. The molecule has 0 unspecified atom stereocenters. The molecule has 0 saturated heterocycles. The van der Waals surface area contributed by atoms with Gasteiger partial charge in [-0.3, -0.25) is 0 Å². The van der Waals surface area contributed by atoms with Crippen molar-refractivity contribution in [3.05, 3.63) is 188 Å². The van der Waals surface area contributed by atoms with Crippen molar-refractivity contribution in [3.63, 3.8) is 0 Å². The van der Waals surface area contributed by atoms with Crippen molar-refractivity contribution < 1.29 is 0 Å². The standard InChI is InChI=1S/C48H30N6/c49-31-32-15-14-22-36(27-32)37-28-38(30-39(29-37)48-53-46(34-18-6-2-7-19-34)52-47(54-48)35-20-8-3-9-21-35)40-23-10-11-24-41(40)44-42-25-12-13-26-43(42)50-45(51-44)33-16-4-1-5-17-33/h1-30H. The summed E-state index contributed by atoms with van der Waals surface area (Å²) in [6.07, 6.45) is 0. The third-order valence-corrected chi connectivity index (χ3v) is 9.34. The van der Waals surface area contributed by atoms with E-state index in [1.807, 2.05) is 146 Å². The molecule has 0 saturated carbocycles. The maximum atomic E-state index is 9.82. The molecule has 252 valence electrons. The van der Waals surface area contributed by atoms with Gasteiger partial charge in [0.1, 0.15) is 0 Å². The van der Waals surface area contributed by atoms with E-state index >= 15 is 0 Å². The van der Waals surface area contributed by atoms with E-state index in [1.165, 1.54) is 0 Å². The summed E-state index contributed by atoms with van der Waals surface area (Å²) < 4.78 is 0. The first-order chi connectivity index (χ1) is 26.7. The zero-order valence-electron chi connectivity index (χ0n) is 29.0. The molecule has 0 aliphatic rings. The number of nitrogens with zero attached hydrogens (tertiary/aromatic N) is 6. The van der Waals surface area contributed by atoms with Gasteiger partial charge in [0.15, 0.2) is 23.3 Å². The molecule has 0 spiro atoms. The van der Waals surface area contributed by atoms with Crippen LogP contribution in [0.15, 0.2) is 182 Å². The Bertz CT molecular complexity index is 2770. The van der Waals surface area contributed by atoms with Crippen LogP contribution in [0.1, 0.15) is 5.56 Å². The lowest BCUT2D eigenvalue weighted by Gasteiger charge is -2.16. The second kappa shape index (κ2) is 14.2. The number of aromatic nitrogens is 5. The lowest BCUT2D eigenvalue weighted by molar-refractivity contribution is 1.07. The molecule has 9 aromatic rings. The maximum Gasteiger partial charge on any atom is 0.164 e. The number of hydrogen-bond donors (Lipinski definition) is 0. The summed E-state index contributed by atoms with van der Waals surface area (Å²) >= 11 is 0. The van der Waals surface area contributed by atoms with Crippen LogP contribution in [0.2, 0.25) is 0 Å². The largest absolute Gasteiger partial charge is 0.228 e. The van der Waals surface area contributed by atoms with Crippen LogP contribution in [0.25, 0.3) is 90.0 Å². The summed E-state index contributed by atoms with van der Waals surface area (Å²) in [5, 5.41) is 10.8. The van der Waals surface area contributed by atoms with Gasteiger partial charge < -0.3 is 0 Å². The van der Waals surface area contributed by atoms with Gasteiger partial charge >= 0.3 is 0 Å². The van der Waals surface area contributed by atoms with E-state index in [0.29, 0.717) is 28.9 Å². The second-order valence-corrected chi connectivity index (χ2v) is 12.9. The minimum atomic E-state index is 0.540. The Morgan fingerprint density at radius 2 is 0.815 bits per heavy atom. The van der Waals surface area contributed by atoms with Crippen molar-refractivity contribution in [2.75, 3.05) is 0 Å². The quantitative estimate of drug-likeness (QED) is 0.165. The number of benzene rings is 7. The van der Waals surface area contributed by atoms with Crippen LogP contribution < -0.4 is 0 Å². The predicted octanol–water partition coefficient (Wildman–Crippen LogP) is 11.4. The lowest BCUT2D eigenvalue weighted by Crippen LogP contribution is -2.01. The van der Waals surface area contributed by atoms with Crippen LogP contribution in [0, 0.1) is 11.3 Å². The Morgan fingerprint density at radius 3 is 1.44 bits per heavy atom. The van der Waals surface area contributed by atoms with Crippen LogP contribution in [-0.2, 0) is 0 Å². The van der Waals surface area contributed by atoms with Gasteiger partial charge in [0.05, 0.1) is 22.8 Å². The molecule has 6 nitrogen and oxygen atoms in total. The highest BCUT2D eigenvalue weighted by Gasteiger charge is 2.19.